The summed E-state index contributed by atoms with van der Waals surface area (Å²) in [6.07, 6.45) is 0.297. The third-order valence-corrected chi connectivity index (χ3v) is 3.18. The van der Waals surface area contributed by atoms with E-state index in [-0.39, 0.29) is 18.2 Å². The van der Waals surface area contributed by atoms with E-state index in [0.29, 0.717) is 6.42 Å². The normalized spacial score (nSPS) is 16.9. The molecule has 0 bridgehead atoms. The van der Waals surface area contributed by atoms with Gasteiger partial charge in [-0.05, 0) is 37.1 Å². The molecular formula is C12H17F2NO. The Morgan fingerprint density at radius 1 is 1.44 bits per heavy atom. The molecule has 90 valence electrons. The molecule has 16 heavy (non-hydrogen) atoms. The van der Waals surface area contributed by atoms with Crippen molar-refractivity contribution in [1.82, 2.24) is 0 Å². The first-order chi connectivity index (χ1) is 7.41. The number of hydrogen-bond donors (Lipinski definition) is 2. The zero-order valence-corrected chi connectivity index (χ0v) is 9.50. The zero-order valence-electron chi connectivity index (χ0n) is 9.50. The van der Waals surface area contributed by atoms with Crippen molar-refractivity contribution in [1.29, 1.82) is 0 Å². The highest BCUT2D eigenvalue weighted by Crippen LogP contribution is 2.32. The van der Waals surface area contributed by atoms with Crippen molar-refractivity contribution in [2.45, 2.75) is 31.7 Å². The van der Waals surface area contributed by atoms with Gasteiger partial charge in [0.1, 0.15) is 11.6 Å². The minimum atomic E-state index is -0.763. The molecule has 2 nitrogen and oxygen atoms in total. The van der Waals surface area contributed by atoms with Crippen LogP contribution in [0.25, 0.3) is 0 Å². The van der Waals surface area contributed by atoms with Crippen molar-refractivity contribution in [2.24, 2.45) is 5.73 Å². The van der Waals surface area contributed by atoms with Crippen LogP contribution in [0, 0.1) is 11.6 Å². The van der Waals surface area contributed by atoms with Gasteiger partial charge < -0.3 is 10.8 Å². The van der Waals surface area contributed by atoms with E-state index in [1.165, 1.54) is 0 Å². The molecule has 1 aromatic rings. The lowest BCUT2D eigenvalue weighted by Crippen LogP contribution is -2.42. The molecule has 0 radical (unpaired) electrons. The minimum Gasteiger partial charge on any atom is -0.396 e. The summed E-state index contributed by atoms with van der Waals surface area (Å²) >= 11 is 0. The number of benzene rings is 1. The Morgan fingerprint density at radius 3 is 2.56 bits per heavy atom. The van der Waals surface area contributed by atoms with E-state index in [2.05, 4.69) is 0 Å². The largest absolute Gasteiger partial charge is 0.396 e. The lowest BCUT2D eigenvalue weighted by atomic mass is 9.74. The first kappa shape index (κ1) is 13.1. The van der Waals surface area contributed by atoms with Crippen molar-refractivity contribution < 1.29 is 13.9 Å². The Hall–Kier alpha value is -1.00. The molecule has 0 aliphatic heterocycles. The van der Waals surface area contributed by atoms with Crippen molar-refractivity contribution >= 4 is 0 Å². The summed E-state index contributed by atoms with van der Waals surface area (Å²) < 4.78 is 26.8. The van der Waals surface area contributed by atoms with Crippen molar-refractivity contribution in [3.63, 3.8) is 0 Å². The van der Waals surface area contributed by atoms with Crippen LogP contribution in [0.2, 0.25) is 0 Å². The van der Waals surface area contributed by atoms with E-state index in [0.717, 1.165) is 18.2 Å². The molecule has 0 saturated heterocycles. The van der Waals surface area contributed by atoms with Crippen molar-refractivity contribution in [3.8, 4) is 0 Å². The fourth-order valence-electron chi connectivity index (χ4n) is 1.78. The van der Waals surface area contributed by atoms with Crippen LogP contribution in [0.5, 0.6) is 0 Å². The summed E-state index contributed by atoms with van der Waals surface area (Å²) in [7, 11) is 0. The lowest BCUT2D eigenvalue weighted by Gasteiger charge is -2.34. The predicted octanol–water partition coefficient (Wildman–Crippen LogP) is 1.95. The van der Waals surface area contributed by atoms with Crippen LogP contribution < -0.4 is 5.73 Å². The van der Waals surface area contributed by atoms with E-state index in [9.17, 15) is 8.78 Å². The number of hydrogen-bond acceptors (Lipinski definition) is 2. The maximum absolute atomic E-state index is 13.6. The first-order valence-corrected chi connectivity index (χ1v) is 5.24. The molecule has 0 saturated carbocycles. The van der Waals surface area contributed by atoms with Gasteiger partial charge in [-0.15, -0.1) is 0 Å². The second kappa shape index (κ2) is 4.89. The molecule has 0 aliphatic rings. The number of aliphatic hydroxyl groups is 1. The molecule has 3 N–H and O–H groups in total. The van der Waals surface area contributed by atoms with Gasteiger partial charge in [-0.1, -0.05) is 6.92 Å². The fraction of sp³-hybridized carbons (Fsp3) is 0.500. The predicted molar refractivity (Wildman–Crippen MR) is 59.1 cm³/mol. The standard InChI is InChI=1S/C12H17F2NO/c1-8(15)12(2,5-6-16)10-7-9(13)3-4-11(10)14/h3-4,7-8,16H,5-6,15H2,1-2H3. The van der Waals surface area contributed by atoms with Gasteiger partial charge in [-0.2, -0.15) is 0 Å². The number of rotatable bonds is 4. The molecular weight excluding hydrogens is 212 g/mol. The van der Waals surface area contributed by atoms with Gasteiger partial charge in [0.15, 0.2) is 0 Å². The van der Waals surface area contributed by atoms with E-state index < -0.39 is 17.0 Å². The molecule has 1 aromatic carbocycles. The third-order valence-electron chi connectivity index (χ3n) is 3.18. The average molecular weight is 229 g/mol. The molecule has 2 unspecified atom stereocenters. The highest BCUT2D eigenvalue weighted by atomic mass is 19.1. The number of aliphatic hydroxyl groups excluding tert-OH is 1. The summed E-state index contributed by atoms with van der Waals surface area (Å²) in [6.45, 7) is 3.33. The highest BCUT2D eigenvalue weighted by molar-refractivity contribution is 5.29. The van der Waals surface area contributed by atoms with Gasteiger partial charge in [0.25, 0.3) is 0 Å². The van der Waals surface area contributed by atoms with Gasteiger partial charge >= 0.3 is 0 Å². The second-order valence-corrected chi connectivity index (χ2v) is 4.30. The van der Waals surface area contributed by atoms with Crippen LogP contribution in [0.3, 0.4) is 0 Å². The van der Waals surface area contributed by atoms with Crippen LogP contribution >= 0.6 is 0 Å². The summed E-state index contributed by atoms with van der Waals surface area (Å²) in [5.41, 5.74) is 5.26. The molecule has 0 heterocycles. The molecule has 0 fully saturated rings. The summed E-state index contributed by atoms with van der Waals surface area (Å²) in [5.74, 6) is -0.990. The van der Waals surface area contributed by atoms with Crippen molar-refractivity contribution in [2.75, 3.05) is 6.61 Å². The zero-order chi connectivity index (χ0) is 12.3. The first-order valence-electron chi connectivity index (χ1n) is 5.24. The average Bonchev–Trinajstić information content (AvgIpc) is 2.21. The third kappa shape index (κ3) is 2.39. The summed E-state index contributed by atoms with van der Waals surface area (Å²) in [4.78, 5) is 0. The number of halogens is 2. The quantitative estimate of drug-likeness (QED) is 0.829. The molecule has 0 aliphatic carbocycles. The molecule has 0 spiro atoms. The van der Waals surface area contributed by atoms with E-state index in [4.69, 9.17) is 10.8 Å². The van der Waals surface area contributed by atoms with Gasteiger partial charge in [-0.25, -0.2) is 8.78 Å². The van der Waals surface area contributed by atoms with Gasteiger partial charge in [0, 0.05) is 18.1 Å². The lowest BCUT2D eigenvalue weighted by molar-refractivity contribution is 0.226. The van der Waals surface area contributed by atoms with Crippen LogP contribution in [-0.4, -0.2) is 17.8 Å². The Balaban J connectivity index is 3.25. The van der Waals surface area contributed by atoms with Crippen LogP contribution in [0.15, 0.2) is 18.2 Å². The van der Waals surface area contributed by atoms with Gasteiger partial charge in [0.2, 0.25) is 0 Å². The SMILES string of the molecule is CC(N)C(C)(CCO)c1cc(F)ccc1F. The van der Waals surface area contributed by atoms with E-state index in [1.807, 2.05) is 0 Å². The Morgan fingerprint density at radius 2 is 2.06 bits per heavy atom. The van der Waals surface area contributed by atoms with Crippen LogP contribution in [-0.2, 0) is 5.41 Å². The maximum atomic E-state index is 13.6. The van der Waals surface area contributed by atoms with Crippen LogP contribution in [0.4, 0.5) is 8.78 Å². The Kier molecular flexibility index (Phi) is 3.99. The smallest absolute Gasteiger partial charge is 0.127 e. The second-order valence-electron chi connectivity index (χ2n) is 4.30. The number of nitrogens with two attached hydrogens (primary N) is 1. The maximum Gasteiger partial charge on any atom is 0.127 e. The Labute approximate surface area is 94.1 Å². The molecule has 1 rings (SSSR count). The summed E-state index contributed by atoms with van der Waals surface area (Å²) in [6, 6.07) is 2.92. The van der Waals surface area contributed by atoms with Gasteiger partial charge in [0.05, 0.1) is 0 Å². The van der Waals surface area contributed by atoms with Gasteiger partial charge in [-0.3, -0.25) is 0 Å². The highest BCUT2D eigenvalue weighted by Gasteiger charge is 2.33. The topological polar surface area (TPSA) is 46.2 Å². The molecule has 0 amide bonds. The molecule has 0 aromatic heterocycles. The summed E-state index contributed by atoms with van der Waals surface area (Å²) in [5, 5.41) is 9.00. The van der Waals surface area contributed by atoms with Crippen LogP contribution in [0.1, 0.15) is 25.8 Å². The van der Waals surface area contributed by atoms with E-state index >= 15 is 0 Å². The molecule has 4 heteroatoms. The minimum absolute atomic E-state index is 0.117. The monoisotopic (exact) mass is 229 g/mol. The van der Waals surface area contributed by atoms with Crippen molar-refractivity contribution in [3.05, 3.63) is 35.4 Å². The Bertz CT molecular complexity index is 368. The van der Waals surface area contributed by atoms with E-state index in [1.54, 1.807) is 13.8 Å². The fourth-order valence-corrected chi connectivity index (χ4v) is 1.78. The molecule has 2 atom stereocenters.